The summed E-state index contributed by atoms with van der Waals surface area (Å²) in [5.74, 6) is 0. The van der Waals surface area contributed by atoms with E-state index in [0.29, 0.717) is 10.7 Å². The van der Waals surface area contributed by atoms with Gasteiger partial charge in [-0.1, -0.05) is 54.1 Å². The minimum absolute atomic E-state index is 0.181. The van der Waals surface area contributed by atoms with Gasteiger partial charge in [0.15, 0.2) is 0 Å². The summed E-state index contributed by atoms with van der Waals surface area (Å²) in [5.41, 5.74) is 2.73. The van der Waals surface area contributed by atoms with Gasteiger partial charge in [0.05, 0.1) is 28.8 Å². The first-order chi connectivity index (χ1) is 14.2. The molecule has 0 bridgehead atoms. The van der Waals surface area contributed by atoms with Gasteiger partial charge in [0.2, 0.25) is 0 Å². The van der Waals surface area contributed by atoms with Crippen LogP contribution in [-0.4, -0.2) is 39.8 Å². The van der Waals surface area contributed by atoms with Gasteiger partial charge in [-0.2, -0.15) is 5.10 Å². The number of carbonyl (C=O) groups is 1. The molecular formula is C22H24ClN5O. The largest absolute Gasteiger partial charge is 0.335 e. The predicted octanol–water partition coefficient (Wildman–Crippen LogP) is 4.31. The van der Waals surface area contributed by atoms with Crippen LogP contribution < -0.4 is 10.6 Å². The molecule has 150 valence electrons. The molecule has 0 unspecified atom stereocenters. The van der Waals surface area contributed by atoms with Crippen molar-refractivity contribution in [2.24, 2.45) is 0 Å². The van der Waals surface area contributed by atoms with Crippen molar-refractivity contribution < 1.29 is 4.79 Å². The number of rotatable bonds is 5. The van der Waals surface area contributed by atoms with Crippen molar-refractivity contribution in [3.8, 4) is 5.69 Å². The summed E-state index contributed by atoms with van der Waals surface area (Å²) >= 11 is 6.20. The maximum absolute atomic E-state index is 12.4. The summed E-state index contributed by atoms with van der Waals surface area (Å²) in [6, 6.07) is 17.9. The molecule has 0 saturated carbocycles. The molecule has 0 spiro atoms. The van der Waals surface area contributed by atoms with Crippen LogP contribution in [-0.2, 0) is 6.54 Å². The molecule has 2 N–H and O–H groups in total. The number of hydrogen-bond donors (Lipinski definition) is 2. The van der Waals surface area contributed by atoms with Gasteiger partial charge in [0, 0.05) is 25.7 Å². The summed E-state index contributed by atoms with van der Waals surface area (Å²) in [6.45, 7) is 2.91. The third-order valence-corrected chi connectivity index (χ3v) is 5.43. The molecule has 0 atom stereocenters. The molecule has 1 saturated heterocycles. The number of aromatic nitrogens is 2. The van der Waals surface area contributed by atoms with E-state index < -0.39 is 0 Å². The first kappa shape index (κ1) is 19.5. The van der Waals surface area contributed by atoms with Crippen LogP contribution in [0.15, 0.2) is 67.0 Å². The van der Waals surface area contributed by atoms with E-state index in [4.69, 9.17) is 11.6 Å². The second-order valence-electron chi connectivity index (χ2n) is 7.26. The van der Waals surface area contributed by atoms with Crippen LogP contribution in [0.2, 0.25) is 5.02 Å². The average Bonchev–Trinajstić information content (AvgIpc) is 3.18. The van der Waals surface area contributed by atoms with Crippen molar-refractivity contribution in [2.45, 2.75) is 25.4 Å². The van der Waals surface area contributed by atoms with E-state index in [1.807, 2.05) is 30.3 Å². The maximum atomic E-state index is 12.4. The van der Waals surface area contributed by atoms with E-state index in [1.54, 1.807) is 17.1 Å². The number of anilines is 1. The molecule has 2 heterocycles. The Balaban J connectivity index is 1.25. The van der Waals surface area contributed by atoms with Gasteiger partial charge in [-0.05, 0) is 30.5 Å². The monoisotopic (exact) mass is 409 g/mol. The molecule has 1 aromatic heterocycles. The summed E-state index contributed by atoms with van der Waals surface area (Å²) < 4.78 is 1.65. The van der Waals surface area contributed by atoms with Crippen molar-refractivity contribution in [2.75, 3.05) is 18.4 Å². The Morgan fingerprint density at radius 1 is 1.07 bits per heavy atom. The zero-order valence-electron chi connectivity index (χ0n) is 16.1. The molecule has 4 rings (SSSR count). The Morgan fingerprint density at radius 2 is 1.79 bits per heavy atom. The lowest BCUT2D eigenvalue weighted by Crippen LogP contribution is -2.45. The number of halogens is 1. The van der Waals surface area contributed by atoms with Gasteiger partial charge in [0.1, 0.15) is 0 Å². The van der Waals surface area contributed by atoms with E-state index in [9.17, 15) is 4.79 Å². The minimum atomic E-state index is -0.204. The summed E-state index contributed by atoms with van der Waals surface area (Å²) in [4.78, 5) is 14.8. The van der Waals surface area contributed by atoms with E-state index in [2.05, 4.69) is 44.9 Å². The summed E-state index contributed by atoms with van der Waals surface area (Å²) in [5, 5.41) is 10.8. The Bertz CT molecular complexity index is 951. The average molecular weight is 410 g/mol. The number of urea groups is 1. The number of nitrogens with zero attached hydrogens (tertiary/aromatic N) is 3. The van der Waals surface area contributed by atoms with Crippen molar-refractivity contribution in [1.29, 1.82) is 0 Å². The lowest BCUT2D eigenvalue weighted by atomic mass is 10.0. The quantitative estimate of drug-likeness (QED) is 0.660. The standard InChI is InChI=1S/C22H24ClN5O/c23-20-8-4-5-9-21(20)28-16-19(14-24-28)26-22(29)25-18-10-12-27(13-11-18)15-17-6-2-1-3-7-17/h1-9,14,16,18H,10-13,15H2,(H2,25,26,29). The second kappa shape index (κ2) is 9.11. The molecule has 7 heteroatoms. The third-order valence-electron chi connectivity index (χ3n) is 5.11. The van der Waals surface area contributed by atoms with Crippen molar-refractivity contribution in [3.05, 3.63) is 77.6 Å². The van der Waals surface area contributed by atoms with Crippen molar-refractivity contribution in [3.63, 3.8) is 0 Å². The predicted molar refractivity (Wildman–Crippen MR) is 115 cm³/mol. The maximum Gasteiger partial charge on any atom is 0.319 e. The van der Waals surface area contributed by atoms with Gasteiger partial charge in [-0.3, -0.25) is 4.90 Å². The van der Waals surface area contributed by atoms with Gasteiger partial charge < -0.3 is 10.6 Å². The Kier molecular flexibility index (Phi) is 6.12. The van der Waals surface area contributed by atoms with Gasteiger partial charge >= 0.3 is 6.03 Å². The van der Waals surface area contributed by atoms with Crippen LogP contribution >= 0.6 is 11.6 Å². The number of carbonyl (C=O) groups excluding carboxylic acids is 1. The molecule has 3 aromatic rings. The van der Waals surface area contributed by atoms with E-state index in [-0.39, 0.29) is 12.1 Å². The topological polar surface area (TPSA) is 62.2 Å². The molecule has 1 fully saturated rings. The zero-order chi connectivity index (χ0) is 20.1. The highest BCUT2D eigenvalue weighted by Crippen LogP contribution is 2.20. The highest BCUT2D eigenvalue weighted by atomic mass is 35.5. The fourth-order valence-corrected chi connectivity index (χ4v) is 3.81. The molecule has 29 heavy (non-hydrogen) atoms. The fraction of sp³-hybridized carbons (Fsp3) is 0.273. The molecule has 6 nitrogen and oxygen atoms in total. The smallest absolute Gasteiger partial charge is 0.319 e. The number of benzene rings is 2. The molecule has 1 aliphatic heterocycles. The molecule has 2 amide bonds. The molecule has 0 radical (unpaired) electrons. The van der Waals surface area contributed by atoms with Gasteiger partial charge in [0.25, 0.3) is 0 Å². The van der Waals surface area contributed by atoms with Crippen LogP contribution in [0, 0.1) is 0 Å². The van der Waals surface area contributed by atoms with Crippen LogP contribution in [0.4, 0.5) is 10.5 Å². The fourth-order valence-electron chi connectivity index (χ4n) is 3.59. The van der Waals surface area contributed by atoms with E-state index in [1.165, 1.54) is 5.56 Å². The second-order valence-corrected chi connectivity index (χ2v) is 7.67. The lowest BCUT2D eigenvalue weighted by molar-refractivity contribution is 0.190. The van der Waals surface area contributed by atoms with Gasteiger partial charge in [-0.25, -0.2) is 9.48 Å². The van der Waals surface area contributed by atoms with E-state index >= 15 is 0 Å². The SMILES string of the molecule is O=C(Nc1cnn(-c2ccccc2Cl)c1)NC1CCN(Cc2ccccc2)CC1. The number of hydrogen-bond acceptors (Lipinski definition) is 3. The first-order valence-electron chi connectivity index (χ1n) is 9.81. The van der Waals surface area contributed by atoms with Gasteiger partial charge in [-0.15, -0.1) is 0 Å². The Hall–Kier alpha value is -2.83. The third kappa shape index (κ3) is 5.16. The number of piperidine rings is 1. The minimum Gasteiger partial charge on any atom is -0.335 e. The Morgan fingerprint density at radius 3 is 2.55 bits per heavy atom. The van der Waals surface area contributed by atoms with Crippen LogP contribution in [0.3, 0.4) is 0 Å². The highest BCUT2D eigenvalue weighted by Gasteiger charge is 2.21. The van der Waals surface area contributed by atoms with Crippen LogP contribution in [0.25, 0.3) is 5.69 Å². The van der Waals surface area contributed by atoms with Crippen LogP contribution in [0.1, 0.15) is 18.4 Å². The number of nitrogens with one attached hydrogen (secondary N) is 2. The normalized spacial score (nSPS) is 15.2. The van der Waals surface area contributed by atoms with E-state index in [0.717, 1.165) is 38.2 Å². The summed E-state index contributed by atoms with van der Waals surface area (Å²) in [6.07, 6.45) is 5.26. The van der Waals surface area contributed by atoms with Crippen molar-refractivity contribution in [1.82, 2.24) is 20.0 Å². The molecule has 0 aliphatic carbocycles. The van der Waals surface area contributed by atoms with Crippen LogP contribution in [0.5, 0.6) is 0 Å². The molecule has 1 aliphatic rings. The first-order valence-corrected chi connectivity index (χ1v) is 10.2. The molecular weight excluding hydrogens is 386 g/mol. The Labute approximate surface area is 175 Å². The highest BCUT2D eigenvalue weighted by molar-refractivity contribution is 6.32. The summed E-state index contributed by atoms with van der Waals surface area (Å²) in [7, 11) is 0. The number of likely N-dealkylation sites (tertiary alicyclic amines) is 1. The number of amides is 2. The lowest BCUT2D eigenvalue weighted by Gasteiger charge is -2.32. The van der Waals surface area contributed by atoms with Crippen molar-refractivity contribution >= 4 is 23.3 Å². The number of para-hydroxylation sites is 1. The molecule has 2 aromatic carbocycles. The zero-order valence-corrected chi connectivity index (χ0v) is 16.8.